The highest BCUT2D eigenvalue weighted by Gasteiger charge is 2.12. The van der Waals surface area contributed by atoms with Crippen LogP contribution in [0.1, 0.15) is 35.7 Å². The summed E-state index contributed by atoms with van der Waals surface area (Å²) in [5.41, 5.74) is 2.35. The Bertz CT molecular complexity index is 772. The van der Waals surface area contributed by atoms with E-state index >= 15 is 0 Å². The van der Waals surface area contributed by atoms with Crippen molar-refractivity contribution in [1.82, 2.24) is 5.32 Å². The van der Waals surface area contributed by atoms with E-state index in [2.05, 4.69) is 17.6 Å². The van der Waals surface area contributed by atoms with Crippen molar-refractivity contribution in [3.63, 3.8) is 0 Å². The van der Waals surface area contributed by atoms with Gasteiger partial charge in [0, 0.05) is 11.3 Å². The molecule has 0 spiro atoms. The number of aryl methyl sites for hydroxylation is 1. The van der Waals surface area contributed by atoms with Gasteiger partial charge in [-0.15, -0.1) is 0 Å². The molecular formula is C21H26N2O4. The van der Waals surface area contributed by atoms with Gasteiger partial charge in [-0.1, -0.05) is 25.5 Å². The Morgan fingerprint density at radius 1 is 0.963 bits per heavy atom. The third-order valence-electron chi connectivity index (χ3n) is 4.11. The van der Waals surface area contributed by atoms with E-state index in [1.54, 1.807) is 18.2 Å². The molecule has 0 fully saturated rings. The molecule has 6 nitrogen and oxygen atoms in total. The van der Waals surface area contributed by atoms with E-state index in [-0.39, 0.29) is 18.4 Å². The van der Waals surface area contributed by atoms with E-state index in [1.807, 2.05) is 24.3 Å². The number of ether oxygens (including phenoxy) is 2. The number of benzene rings is 2. The first-order valence-corrected chi connectivity index (χ1v) is 8.96. The van der Waals surface area contributed by atoms with E-state index in [4.69, 9.17) is 9.47 Å². The molecule has 2 amide bonds. The quantitative estimate of drug-likeness (QED) is 0.709. The van der Waals surface area contributed by atoms with Gasteiger partial charge in [0.05, 0.1) is 20.8 Å². The number of nitrogens with one attached hydrogen (secondary N) is 2. The van der Waals surface area contributed by atoms with E-state index in [0.717, 1.165) is 19.3 Å². The average Bonchev–Trinajstić information content (AvgIpc) is 2.70. The van der Waals surface area contributed by atoms with Crippen LogP contribution in [0.25, 0.3) is 0 Å². The highest BCUT2D eigenvalue weighted by Crippen LogP contribution is 2.27. The van der Waals surface area contributed by atoms with E-state index < -0.39 is 0 Å². The zero-order valence-corrected chi connectivity index (χ0v) is 16.0. The summed E-state index contributed by atoms with van der Waals surface area (Å²) in [5.74, 6) is 0.345. The molecule has 0 aromatic heterocycles. The van der Waals surface area contributed by atoms with E-state index in [0.29, 0.717) is 22.7 Å². The van der Waals surface area contributed by atoms with Crippen LogP contribution in [0.3, 0.4) is 0 Å². The predicted molar refractivity (Wildman–Crippen MR) is 106 cm³/mol. The number of methoxy groups -OCH3 is 2. The van der Waals surface area contributed by atoms with E-state index in [9.17, 15) is 9.59 Å². The van der Waals surface area contributed by atoms with Crippen LogP contribution in [-0.4, -0.2) is 32.6 Å². The number of amides is 2. The van der Waals surface area contributed by atoms with Gasteiger partial charge in [0.25, 0.3) is 5.91 Å². The molecule has 0 bridgehead atoms. The molecule has 144 valence electrons. The van der Waals surface area contributed by atoms with Crippen LogP contribution < -0.4 is 20.1 Å². The van der Waals surface area contributed by atoms with Gasteiger partial charge in [0.2, 0.25) is 5.91 Å². The van der Waals surface area contributed by atoms with Crippen LogP contribution in [0.4, 0.5) is 5.69 Å². The third-order valence-corrected chi connectivity index (χ3v) is 4.11. The highest BCUT2D eigenvalue weighted by atomic mass is 16.5. The monoisotopic (exact) mass is 370 g/mol. The molecule has 0 aliphatic heterocycles. The van der Waals surface area contributed by atoms with Crippen molar-refractivity contribution in [2.75, 3.05) is 26.1 Å². The molecule has 2 aromatic rings. The second-order valence-corrected chi connectivity index (χ2v) is 6.10. The van der Waals surface area contributed by atoms with Crippen molar-refractivity contribution < 1.29 is 19.1 Å². The molecule has 0 aliphatic carbocycles. The average molecular weight is 370 g/mol. The lowest BCUT2D eigenvalue weighted by Crippen LogP contribution is -2.32. The fourth-order valence-electron chi connectivity index (χ4n) is 2.58. The van der Waals surface area contributed by atoms with Gasteiger partial charge in [-0.2, -0.15) is 0 Å². The molecule has 2 N–H and O–H groups in total. The van der Waals surface area contributed by atoms with Gasteiger partial charge >= 0.3 is 0 Å². The number of carbonyl (C=O) groups is 2. The molecule has 0 saturated carbocycles. The van der Waals surface area contributed by atoms with Crippen molar-refractivity contribution in [3.05, 3.63) is 53.6 Å². The number of carbonyl (C=O) groups excluding carboxylic acids is 2. The molecule has 6 heteroatoms. The minimum Gasteiger partial charge on any atom is -0.493 e. The Labute approximate surface area is 159 Å². The summed E-state index contributed by atoms with van der Waals surface area (Å²) in [6.45, 7) is 2.04. The van der Waals surface area contributed by atoms with Crippen LogP contribution in [0.2, 0.25) is 0 Å². The molecule has 0 unspecified atom stereocenters. The number of unbranched alkanes of at least 4 members (excludes halogenated alkanes) is 1. The Hall–Kier alpha value is -3.02. The van der Waals surface area contributed by atoms with Crippen molar-refractivity contribution in [2.24, 2.45) is 0 Å². The van der Waals surface area contributed by atoms with Crippen LogP contribution in [0.5, 0.6) is 11.5 Å². The van der Waals surface area contributed by atoms with E-state index in [1.165, 1.54) is 19.8 Å². The topological polar surface area (TPSA) is 76.7 Å². The Balaban J connectivity index is 1.86. The first-order chi connectivity index (χ1) is 13.1. The van der Waals surface area contributed by atoms with Crippen LogP contribution in [0.15, 0.2) is 42.5 Å². The molecule has 2 rings (SSSR count). The van der Waals surface area contributed by atoms with Crippen molar-refractivity contribution in [3.8, 4) is 11.5 Å². The molecule has 27 heavy (non-hydrogen) atoms. The third kappa shape index (κ3) is 6.02. The van der Waals surface area contributed by atoms with Gasteiger partial charge in [-0.05, 0) is 48.7 Å². The number of hydrogen-bond acceptors (Lipinski definition) is 4. The summed E-state index contributed by atoms with van der Waals surface area (Å²) in [6, 6.07) is 12.6. The smallest absolute Gasteiger partial charge is 0.251 e. The van der Waals surface area contributed by atoms with Crippen LogP contribution >= 0.6 is 0 Å². The van der Waals surface area contributed by atoms with Crippen molar-refractivity contribution in [1.29, 1.82) is 0 Å². The first-order valence-electron chi connectivity index (χ1n) is 8.96. The number of hydrogen-bond donors (Lipinski definition) is 2. The molecule has 0 heterocycles. The lowest BCUT2D eigenvalue weighted by Gasteiger charge is -2.10. The molecule has 0 radical (unpaired) electrons. The van der Waals surface area contributed by atoms with Crippen molar-refractivity contribution >= 4 is 17.5 Å². The summed E-state index contributed by atoms with van der Waals surface area (Å²) < 4.78 is 10.3. The Morgan fingerprint density at radius 3 is 2.30 bits per heavy atom. The zero-order valence-electron chi connectivity index (χ0n) is 16.0. The van der Waals surface area contributed by atoms with Crippen molar-refractivity contribution in [2.45, 2.75) is 26.2 Å². The Kier molecular flexibility index (Phi) is 7.67. The molecule has 2 aromatic carbocycles. The first kappa shape index (κ1) is 20.3. The largest absolute Gasteiger partial charge is 0.493 e. The summed E-state index contributed by atoms with van der Waals surface area (Å²) >= 11 is 0. The summed E-state index contributed by atoms with van der Waals surface area (Å²) in [4.78, 5) is 24.3. The molecule has 0 atom stereocenters. The van der Waals surface area contributed by atoms with Gasteiger partial charge < -0.3 is 20.1 Å². The second kappa shape index (κ2) is 10.2. The summed E-state index contributed by atoms with van der Waals surface area (Å²) in [6.07, 6.45) is 3.33. The Morgan fingerprint density at radius 2 is 1.67 bits per heavy atom. The highest BCUT2D eigenvalue weighted by molar-refractivity contribution is 5.99. The van der Waals surface area contributed by atoms with Crippen LogP contribution in [-0.2, 0) is 11.2 Å². The van der Waals surface area contributed by atoms with Gasteiger partial charge in [0.15, 0.2) is 11.5 Å². The zero-order chi connectivity index (χ0) is 19.6. The van der Waals surface area contributed by atoms with Crippen LogP contribution in [0, 0.1) is 0 Å². The lowest BCUT2D eigenvalue weighted by atomic mass is 10.1. The van der Waals surface area contributed by atoms with Gasteiger partial charge in [-0.3, -0.25) is 9.59 Å². The minimum atomic E-state index is -0.360. The number of rotatable bonds is 9. The SMILES string of the molecule is CCCCc1ccc(NC(=O)CNC(=O)c2ccc(OC)c(OC)c2)cc1. The fraction of sp³-hybridized carbons (Fsp3) is 0.333. The molecule has 0 aliphatic rings. The maximum absolute atomic E-state index is 12.2. The normalized spacial score (nSPS) is 10.2. The summed E-state index contributed by atoms with van der Waals surface area (Å²) in [7, 11) is 3.03. The summed E-state index contributed by atoms with van der Waals surface area (Å²) in [5, 5.41) is 5.37. The number of anilines is 1. The maximum Gasteiger partial charge on any atom is 0.251 e. The predicted octanol–water partition coefficient (Wildman–Crippen LogP) is 3.41. The standard InChI is InChI=1S/C21H26N2O4/c1-4-5-6-15-7-10-17(11-8-15)23-20(24)14-22-21(25)16-9-12-18(26-2)19(13-16)27-3/h7-13H,4-6,14H2,1-3H3,(H,22,25)(H,23,24). The maximum atomic E-state index is 12.2. The molecular weight excluding hydrogens is 344 g/mol. The minimum absolute atomic E-state index is 0.120. The molecule has 0 saturated heterocycles. The lowest BCUT2D eigenvalue weighted by molar-refractivity contribution is -0.115. The second-order valence-electron chi connectivity index (χ2n) is 6.10. The van der Waals surface area contributed by atoms with Gasteiger partial charge in [0.1, 0.15) is 0 Å². The fourth-order valence-corrected chi connectivity index (χ4v) is 2.58. The van der Waals surface area contributed by atoms with Gasteiger partial charge in [-0.25, -0.2) is 0 Å².